The van der Waals surface area contributed by atoms with E-state index in [1.807, 2.05) is 0 Å². The van der Waals surface area contributed by atoms with Gasteiger partial charge in [-0.15, -0.1) is 0 Å². The minimum atomic E-state index is -0.603. The van der Waals surface area contributed by atoms with Crippen molar-refractivity contribution in [3.63, 3.8) is 0 Å². The molecule has 3 rings (SSSR count). The average Bonchev–Trinajstić information content (AvgIpc) is 2.81. The first kappa shape index (κ1) is 12.5. The van der Waals surface area contributed by atoms with Crippen LogP contribution in [0.3, 0.4) is 0 Å². The Kier molecular flexibility index (Phi) is 3.46. The van der Waals surface area contributed by atoms with Crippen LogP contribution < -0.4 is 5.32 Å². The molecule has 1 saturated heterocycles. The maximum absolute atomic E-state index is 13.5. The predicted molar refractivity (Wildman–Crippen MR) is 70.0 cm³/mol. The molecule has 1 aliphatic heterocycles. The van der Waals surface area contributed by atoms with E-state index in [1.165, 1.54) is 25.3 Å². The fourth-order valence-corrected chi connectivity index (χ4v) is 2.69. The summed E-state index contributed by atoms with van der Waals surface area (Å²) in [4.78, 5) is 7.21. The lowest BCUT2D eigenvalue weighted by atomic mass is 10.0. The predicted octanol–water partition coefficient (Wildman–Crippen LogP) is 2.92. The van der Waals surface area contributed by atoms with Crippen molar-refractivity contribution in [2.75, 3.05) is 6.54 Å². The van der Waals surface area contributed by atoms with E-state index in [1.54, 1.807) is 0 Å². The molecule has 1 aromatic carbocycles. The fraction of sp³-hybridized carbons (Fsp3) is 0.500. The molecule has 0 saturated carbocycles. The van der Waals surface area contributed by atoms with Gasteiger partial charge in [-0.05, 0) is 31.9 Å². The molecule has 0 spiro atoms. The largest absolute Gasteiger partial charge is 0.342 e. The van der Waals surface area contributed by atoms with Crippen molar-refractivity contribution in [2.45, 2.75) is 38.1 Å². The van der Waals surface area contributed by atoms with Gasteiger partial charge in [0.05, 0.1) is 5.52 Å². The molecule has 2 aromatic rings. The number of rotatable bonds is 3. The molecule has 0 bridgehead atoms. The summed E-state index contributed by atoms with van der Waals surface area (Å²) in [7, 11) is 0. The lowest BCUT2D eigenvalue weighted by Gasteiger charge is -2.22. The third-order valence-corrected chi connectivity index (χ3v) is 3.70. The van der Waals surface area contributed by atoms with Crippen LogP contribution in [-0.2, 0) is 6.42 Å². The van der Waals surface area contributed by atoms with Crippen molar-refractivity contribution in [2.24, 2.45) is 0 Å². The smallest absolute Gasteiger partial charge is 0.153 e. The number of fused-ring (bicyclic) bond motifs is 1. The van der Waals surface area contributed by atoms with Crippen molar-refractivity contribution in [3.05, 3.63) is 29.6 Å². The Hall–Kier alpha value is -1.49. The number of nitrogens with zero attached hydrogens (tertiary/aromatic N) is 1. The molecule has 19 heavy (non-hydrogen) atoms. The summed E-state index contributed by atoms with van der Waals surface area (Å²) in [5.74, 6) is -0.450. The van der Waals surface area contributed by atoms with Crippen molar-refractivity contribution in [1.82, 2.24) is 15.3 Å². The topological polar surface area (TPSA) is 40.7 Å². The van der Waals surface area contributed by atoms with Crippen LogP contribution in [0.1, 0.15) is 31.5 Å². The molecule has 1 unspecified atom stereocenters. The number of benzene rings is 1. The summed E-state index contributed by atoms with van der Waals surface area (Å²) < 4.78 is 26.6. The molecule has 0 aliphatic carbocycles. The molecule has 1 aromatic heterocycles. The van der Waals surface area contributed by atoms with Crippen LogP contribution in [0.15, 0.2) is 12.1 Å². The summed E-state index contributed by atoms with van der Waals surface area (Å²) in [6.45, 7) is 1.07. The molecule has 2 N–H and O–H groups in total. The number of hydrogen-bond acceptors (Lipinski definition) is 2. The zero-order chi connectivity index (χ0) is 13.2. The second-order valence-electron chi connectivity index (χ2n) is 5.15. The molecular formula is C14H17F2N3. The monoisotopic (exact) mass is 265 g/mol. The van der Waals surface area contributed by atoms with Crippen LogP contribution in [-0.4, -0.2) is 22.6 Å². The van der Waals surface area contributed by atoms with E-state index in [0.717, 1.165) is 31.3 Å². The number of aromatic nitrogens is 2. The number of piperidine rings is 1. The summed E-state index contributed by atoms with van der Waals surface area (Å²) in [5.41, 5.74) is 0.664. The second kappa shape index (κ2) is 5.25. The van der Waals surface area contributed by atoms with Gasteiger partial charge in [-0.3, -0.25) is 0 Å². The van der Waals surface area contributed by atoms with Crippen molar-refractivity contribution >= 4 is 11.0 Å². The zero-order valence-electron chi connectivity index (χ0n) is 10.7. The first-order valence-electron chi connectivity index (χ1n) is 6.79. The van der Waals surface area contributed by atoms with Gasteiger partial charge in [0.1, 0.15) is 17.2 Å². The van der Waals surface area contributed by atoms with E-state index in [2.05, 4.69) is 15.3 Å². The lowest BCUT2D eigenvalue weighted by molar-refractivity contribution is 0.381. The van der Waals surface area contributed by atoms with E-state index < -0.39 is 11.6 Å². The Morgan fingerprint density at radius 1 is 1.26 bits per heavy atom. The molecule has 102 valence electrons. The second-order valence-corrected chi connectivity index (χ2v) is 5.15. The Morgan fingerprint density at radius 3 is 2.95 bits per heavy atom. The van der Waals surface area contributed by atoms with Crippen LogP contribution >= 0.6 is 0 Å². The van der Waals surface area contributed by atoms with Gasteiger partial charge in [0.25, 0.3) is 0 Å². The molecule has 1 atom stereocenters. The van der Waals surface area contributed by atoms with Gasteiger partial charge < -0.3 is 10.3 Å². The van der Waals surface area contributed by atoms with Gasteiger partial charge in [-0.25, -0.2) is 13.8 Å². The quantitative estimate of drug-likeness (QED) is 0.896. The lowest BCUT2D eigenvalue weighted by Crippen LogP contribution is -2.34. The van der Waals surface area contributed by atoms with Crippen LogP contribution in [0.25, 0.3) is 11.0 Å². The summed E-state index contributed by atoms with van der Waals surface area (Å²) in [6.07, 6.45) is 5.42. The van der Waals surface area contributed by atoms with Crippen LogP contribution in [0.2, 0.25) is 0 Å². The number of imidazole rings is 1. The van der Waals surface area contributed by atoms with E-state index in [0.29, 0.717) is 11.6 Å². The molecule has 5 heteroatoms. The van der Waals surface area contributed by atoms with E-state index in [-0.39, 0.29) is 5.52 Å². The maximum atomic E-state index is 13.5. The fourth-order valence-electron chi connectivity index (χ4n) is 2.69. The maximum Gasteiger partial charge on any atom is 0.153 e. The van der Waals surface area contributed by atoms with Crippen molar-refractivity contribution < 1.29 is 8.78 Å². The van der Waals surface area contributed by atoms with Crippen LogP contribution in [0.4, 0.5) is 8.78 Å². The van der Waals surface area contributed by atoms with Gasteiger partial charge in [0.15, 0.2) is 5.82 Å². The summed E-state index contributed by atoms with van der Waals surface area (Å²) in [6, 6.07) is 2.67. The first-order valence-corrected chi connectivity index (χ1v) is 6.79. The molecule has 3 nitrogen and oxygen atoms in total. The average molecular weight is 265 g/mol. The number of halogens is 2. The summed E-state index contributed by atoms with van der Waals surface area (Å²) >= 11 is 0. The molecule has 0 amide bonds. The normalized spacial score (nSPS) is 20.0. The SMILES string of the molecule is Fc1cc(F)c2nc(CCC3CCCCN3)[nH]c2c1. The number of aryl methyl sites for hydroxylation is 1. The highest BCUT2D eigenvalue weighted by Crippen LogP contribution is 2.19. The zero-order valence-corrected chi connectivity index (χ0v) is 10.7. The molecule has 1 fully saturated rings. The Bertz CT molecular complexity index is 573. The van der Waals surface area contributed by atoms with E-state index in [9.17, 15) is 8.78 Å². The van der Waals surface area contributed by atoms with E-state index >= 15 is 0 Å². The Morgan fingerprint density at radius 2 is 2.16 bits per heavy atom. The van der Waals surface area contributed by atoms with Crippen molar-refractivity contribution in [3.8, 4) is 0 Å². The molecular weight excluding hydrogens is 248 g/mol. The molecule has 1 aliphatic rings. The first-order chi connectivity index (χ1) is 9.22. The highest BCUT2D eigenvalue weighted by molar-refractivity contribution is 5.75. The highest BCUT2D eigenvalue weighted by Gasteiger charge is 2.14. The molecule has 0 radical (unpaired) electrons. The van der Waals surface area contributed by atoms with E-state index in [4.69, 9.17) is 0 Å². The Labute approximate surface area is 110 Å². The third kappa shape index (κ3) is 2.76. The number of nitrogens with one attached hydrogen (secondary N) is 2. The number of H-pyrrole nitrogens is 1. The van der Waals surface area contributed by atoms with Gasteiger partial charge in [0.2, 0.25) is 0 Å². The highest BCUT2D eigenvalue weighted by atomic mass is 19.1. The summed E-state index contributed by atoms with van der Waals surface area (Å²) in [5, 5.41) is 3.47. The van der Waals surface area contributed by atoms with Crippen LogP contribution in [0.5, 0.6) is 0 Å². The van der Waals surface area contributed by atoms with Gasteiger partial charge in [-0.1, -0.05) is 6.42 Å². The third-order valence-electron chi connectivity index (χ3n) is 3.70. The standard InChI is InChI=1S/C14H17F2N3/c15-9-7-11(16)14-12(8-9)18-13(19-14)5-4-10-3-1-2-6-17-10/h7-8,10,17H,1-6H2,(H,18,19). The van der Waals surface area contributed by atoms with Crippen LogP contribution in [0, 0.1) is 11.6 Å². The molecule has 2 heterocycles. The number of hydrogen-bond donors (Lipinski definition) is 2. The van der Waals surface area contributed by atoms with Crippen molar-refractivity contribution in [1.29, 1.82) is 0 Å². The minimum absolute atomic E-state index is 0.230. The van der Waals surface area contributed by atoms with Gasteiger partial charge in [-0.2, -0.15) is 0 Å². The minimum Gasteiger partial charge on any atom is -0.342 e. The number of aromatic amines is 1. The van der Waals surface area contributed by atoms with Gasteiger partial charge in [0, 0.05) is 18.5 Å². The van der Waals surface area contributed by atoms with Gasteiger partial charge >= 0.3 is 0 Å². The Balaban J connectivity index is 1.72.